The molecule has 0 bridgehead atoms. The van der Waals surface area contributed by atoms with Crippen LogP contribution in [-0.4, -0.2) is 47.7 Å². The quantitative estimate of drug-likeness (QED) is 0.744. The van der Waals surface area contributed by atoms with Crippen LogP contribution in [0.4, 0.5) is 11.9 Å². The molecule has 8 heteroatoms. The van der Waals surface area contributed by atoms with E-state index in [2.05, 4.69) is 15.0 Å². The summed E-state index contributed by atoms with van der Waals surface area (Å²) in [5.41, 5.74) is 5.57. The van der Waals surface area contributed by atoms with E-state index in [1.807, 2.05) is 0 Å². The van der Waals surface area contributed by atoms with Gasteiger partial charge >= 0.3 is 5.97 Å². The third kappa shape index (κ3) is 3.50. The zero-order chi connectivity index (χ0) is 13.8. The molecule has 2 N–H and O–H groups in total. The Bertz CT molecular complexity index is 460. The largest absolute Gasteiger partial charge is 0.456 e. The first-order chi connectivity index (χ1) is 9.06. The first-order valence-corrected chi connectivity index (χ1v) is 6.02. The van der Waals surface area contributed by atoms with E-state index in [1.54, 1.807) is 19.0 Å². The number of anilines is 2. The lowest BCUT2D eigenvalue weighted by atomic mass is 10.2. The van der Waals surface area contributed by atoms with E-state index >= 15 is 0 Å². The van der Waals surface area contributed by atoms with Crippen LogP contribution in [-0.2, 0) is 20.9 Å². The fourth-order valence-electron chi connectivity index (χ4n) is 1.68. The van der Waals surface area contributed by atoms with Crippen LogP contribution >= 0.6 is 0 Å². The summed E-state index contributed by atoms with van der Waals surface area (Å²) in [4.78, 5) is 25.4. The summed E-state index contributed by atoms with van der Waals surface area (Å²) in [6.07, 6.45) is 1.11. The van der Waals surface area contributed by atoms with E-state index in [0.717, 1.165) is 6.42 Å². The van der Waals surface area contributed by atoms with Gasteiger partial charge in [0.2, 0.25) is 11.9 Å². The van der Waals surface area contributed by atoms with Crippen molar-refractivity contribution >= 4 is 17.9 Å². The van der Waals surface area contributed by atoms with Crippen molar-refractivity contribution in [2.45, 2.75) is 25.6 Å². The van der Waals surface area contributed by atoms with E-state index in [1.165, 1.54) is 0 Å². The maximum absolute atomic E-state index is 11.7. The highest BCUT2D eigenvalue weighted by Gasteiger charge is 2.25. The Morgan fingerprint density at radius 1 is 1.47 bits per heavy atom. The number of carbonyl (C=O) groups excluding carboxylic acids is 1. The average Bonchev–Trinajstić information content (AvgIpc) is 2.89. The number of ether oxygens (including phenoxy) is 2. The highest BCUT2D eigenvalue weighted by molar-refractivity contribution is 5.74. The second-order valence-electron chi connectivity index (χ2n) is 4.41. The summed E-state index contributed by atoms with van der Waals surface area (Å²) in [5, 5.41) is 0. The average molecular weight is 267 g/mol. The molecule has 0 radical (unpaired) electrons. The standard InChI is InChI=1S/C11H17N5O3/c1-16(2)11-14-8(13-10(12)15-11)6-19-9(17)7-4-3-5-18-7/h7H,3-6H2,1-2H3,(H2,12,13,14,15). The van der Waals surface area contributed by atoms with E-state index in [0.29, 0.717) is 24.8 Å². The summed E-state index contributed by atoms with van der Waals surface area (Å²) in [7, 11) is 3.58. The second-order valence-corrected chi connectivity index (χ2v) is 4.41. The normalized spacial score (nSPS) is 18.3. The second kappa shape index (κ2) is 5.79. The fourth-order valence-corrected chi connectivity index (χ4v) is 1.68. The van der Waals surface area contributed by atoms with Gasteiger partial charge in [-0.15, -0.1) is 0 Å². The van der Waals surface area contributed by atoms with Crippen molar-refractivity contribution in [1.29, 1.82) is 0 Å². The number of hydrogen-bond donors (Lipinski definition) is 1. The van der Waals surface area contributed by atoms with E-state index < -0.39 is 6.10 Å². The molecule has 1 atom stereocenters. The van der Waals surface area contributed by atoms with Crippen LogP contribution in [0.1, 0.15) is 18.7 Å². The Morgan fingerprint density at radius 2 is 2.26 bits per heavy atom. The Kier molecular flexibility index (Phi) is 4.10. The molecule has 104 valence electrons. The van der Waals surface area contributed by atoms with Crippen LogP contribution in [0.3, 0.4) is 0 Å². The summed E-state index contributed by atoms with van der Waals surface area (Å²) >= 11 is 0. The van der Waals surface area contributed by atoms with Gasteiger partial charge in [-0.2, -0.15) is 15.0 Å². The zero-order valence-corrected chi connectivity index (χ0v) is 11.0. The predicted octanol–water partition coefficient (Wildman–Crippen LogP) is -0.258. The number of nitrogen functional groups attached to an aromatic ring is 1. The molecule has 8 nitrogen and oxygen atoms in total. The van der Waals surface area contributed by atoms with Crippen molar-refractivity contribution in [2.75, 3.05) is 31.3 Å². The van der Waals surface area contributed by atoms with E-state index in [9.17, 15) is 4.79 Å². The van der Waals surface area contributed by atoms with Gasteiger partial charge in [0.05, 0.1) is 0 Å². The maximum Gasteiger partial charge on any atom is 0.335 e. The lowest BCUT2D eigenvalue weighted by molar-refractivity contribution is -0.155. The highest BCUT2D eigenvalue weighted by atomic mass is 16.6. The molecule has 0 spiro atoms. The minimum absolute atomic E-state index is 0.0355. The van der Waals surface area contributed by atoms with Crippen LogP contribution in [0.25, 0.3) is 0 Å². The van der Waals surface area contributed by atoms with Crippen LogP contribution in [0.5, 0.6) is 0 Å². The number of nitrogens with zero attached hydrogens (tertiary/aromatic N) is 4. The minimum atomic E-state index is -0.465. The van der Waals surface area contributed by atoms with Gasteiger partial charge < -0.3 is 20.1 Å². The van der Waals surface area contributed by atoms with Crippen LogP contribution in [0, 0.1) is 0 Å². The molecule has 1 aliphatic heterocycles. The fraction of sp³-hybridized carbons (Fsp3) is 0.636. The molecule has 2 rings (SSSR count). The zero-order valence-electron chi connectivity index (χ0n) is 11.0. The summed E-state index contributed by atoms with van der Waals surface area (Å²) in [6.45, 7) is 0.565. The molecule has 1 saturated heterocycles. The topological polar surface area (TPSA) is 103 Å². The molecule has 1 aliphatic rings. The van der Waals surface area contributed by atoms with E-state index in [-0.39, 0.29) is 18.5 Å². The lowest BCUT2D eigenvalue weighted by Crippen LogP contribution is -2.23. The molecular weight excluding hydrogens is 250 g/mol. The van der Waals surface area contributed by atoms with Crippen molar-refractivity contribution < 1.29 is 14.3 Å². The molecule has 19 heavy (non-hydrogen) atoms. The van der Waals surface area contributed by atoms with Crippen molar-refractivity contribution in [2.24, 2.45) is 0 Å². The number of rotatable bonds is 4. The Morgan fingerprint density at radius 3 is 2.89 bits per heavy atom. The molecule has 2 heterocycles. The molecule has 1 aromatic heterocycles. The van der Waals surface area contributed by atoms with Gasteiger partial charge in [0, 0.05) is 20.7 Å². The first-order valence-electron chi connectivity index (χ1n) is 6.02. The molecule has 1 unspecified atom stereocenters. The molecular formula is C11H17N5O3. The number of nitrogens with two attached hydrogens (primary N) is 1. The third-order valence-corrected chi connectivity index (χ3v) is 2.62. The monoisotopic (exact) mass is 267 g/mol. The summed E-state index contributed by atoms with van der Waals surface area (Å²) in [5.74, 6) is 0.461. The molecule has 1 aromatic rings. The number of carbonyl (C=O) groups is 1. The lowest BCUT2D eigenvalue weighted by Gasteiger charge is -2.12. The Labute approximate surface area is 110 Å². The van der Waals surface area contributed by atoms with Crippen molar-refractivity contribution in [3.8, 4) is 0 Å². The van der Waals surface area contributed by atoms with Crippen molar-refractivity contribution in [3.05, 3.63) is 5.82 Å². The van der Waals surface area contributed by atoms with Crippen molar-refractivity contribution in [3.63, 3.8) is 0 Å². The minimum Gasteiger partial charge on any atom is -0.456 e. The van der Waals surface area contributed by atoms with Gasteiger partial charge in [-0.1, -0.05) is 0 Å². The van der Waals surface area contributed by atoms with Gasteiger partial charge in [0.1, 0.15) is 0 Å². The van der Waals surface area contributed by atoms with Gasteiger partial charge in [0.25, 0.3) is 0 Å². The maximum atomic E-state index is 11.7. The predicted molar refractivity (Wildman–Crippen MR) is 67.3 cm³/mol. The van der Waals surface area contributed by atoms with Crippen LogP contribution < -0.4 is 10.6 Å². The Balaban J connectivity index is 1.97. The number of aromatic nitrogens is 3. The van der Waals surface area contributed by atoms with E-state index in [4.69, 9.17) is 15.2 Å². The third-order valence-electron chi connectivity index (χ3n) is 2.62. The van der Waals surface area contributed by atoms with Gasteiger partial charge in [-0.3, -0.25) is 0 Å². The van der Waals surface area contributed by atoms with Gasteiger partial charge in [-0.25, -0.2) is 4.79 Å². The first kappa shape index (κ1) is 13.5. The molecule has 0 saturated carbocycles. The van der Waals surface area contributed by atoms with Gasteiger partial charge in [-0.05, 0) is 12.8 Å². The van der Waals surface area contributed by atoms with Crippen LogP contribution in [0.15, 0.2) is 0 Å². The van der Waals surface area contributed by atoms with Gasteiger partial charge in [0.15, 0.2) is 18.5 Å². The number of hydrogen-bond acceptors (Lipinski definition) is 8. The molecule has 1 fully saturated rings. The SMILES string of the molecule is CN(C)c1nc(N)nc(COC(=O)C2CCCO2)n1. The van der Waals surface area contributed by atoms with Crippen LogP contribution in [0.2, 0.25) is 0 Å². The van der Waals surface area contributed by atoms with Crippen molar-refractivity contribution in [1.82, 2.24) is 15.0 Å². The highest BCUT2D eigenvalue weighted by Crippen LogP contribution is 2.14. The smallest absolute Gasteiger partial charge is 0.335 e. The molecule has 0 aliphatic carbocycles. The Hall–Kier alpha value is -1.96. The number of esters is 1. The molecule has 0 amide bonds. The summed E-state index contributed by atoms with van der Waals surface area (Å²) in [6, 6.07) is 0. The summed E-state index contributed by atoms with van der Waals surface area (Å²) < 4.78 is 10.3. The molecule has 0 aromatic carbocycles.